The molecule has 0 fully saturated rings. The summed E-state index contributed by atoms with van der Waals surface area (Å²) in [6.45, 7) is 3.86. The summed E-state index contributed by atoms with van der Waals surface area (Å²) in [7, 11) is 0. The average molecular weight is 381 g/mol. The molecule has 0 saturated carbocycles. The Morgan fingerprint density at radius 3 is 2.28 bits per heavy atom. The van der Waals surface area contributed by atoms with Crippen LogP contribution in [0.5, 0.6) is 5.75 Å². The van der Waals surface area contributed by atoms with Crippen LogP contribution in [0.4, 0.5) is 11.4 Å². The van der Waals surface area contributed by atoms with Crippen LogP contribution in [0.1, 0.15) is 20.3 Å². The van der Waals surface area contributed by atoms with Gasteiger partial charge in [-0.2, -0.15) is 0 Å². The molecule has 0 aromatic heterocycles. The van der Waals surface area contributed by atoms with Gasteiger partial charge >= 0.3 is 0 Å². The highest BCUT2D eigenvalue weighted by molar-refractivity contribution is 6.44. The highest BCUT2D eigenvalue weighted by atomic mass is 35.5. The molecule has 5 nitrogen and oxygen atoms in total. The van der Waals surface area contributed by atoms with Gasteiger partial charge in [-0.1, -0.05) is 29.3 Å². The zero-order chi connectivity index (χ0) is 18.4. The summed E-state index contributed by atoms with van der Waals surface area (Å²) in [6, 6.07) is 11.8. The lowest BCUT2D eigenvalue weighted by atomic mass is 10.2. The van der Waals surface area contributed by atoms with Crippen molar-refractivity contribution in [2.24, 2.45) is 0 Å². The largest absolute Gasteiger partial charge is 0.491 e. The summed E-state index contributed by atoms with van der Waals surface area (Å²) in [5, 5.41) is 5.77. The molecular formula is C18H18Cl2N2O3. The van der Waals surface area contributed by atoms with E-state index >= 15 is 0 Å². The van der Waals surface area contributed by atoms with Gasteiger partial charge in [-0.05, 0) is 50.2 Å². The predicted octanol–water partition coefficient (Wildman–Crippen LogP) is 4.75. The molecule has 0 aliphatic heterocycles. The smallest absolute Gasteiger partial charge is 0.233 e. The minimum Gasteiger partial charge on any atom is -0.491 e. The molecule has 25 heavy (non-hydrogen) atoms. The Labute approximate surface area is 156 Å². The minimum atomic E-state index is -0.485. The Hall–Kier alpha value is -2.24. The second kappa shape index (κ2) is 8.74. The fraction of sp³-hybridized carbons (Fsp3) is 0.222. The normalized spacial score (nSPS) is 10.4. The quantitative estimate of drug-likeness (QED) is 0.710. The first-order valence-corrected chi connectivity index (χ1v) is 8.41. The Morgan fingerprint density at radius 2 is 1.64 bits per heavy atom. The number of nitrogens with one attached hydrogen (secondary N) is 2. The summed E-state index contributed by atoms with van der Waals surface area (Å²) >= 11 is 11.9. The van der Waals surface area contributed by atoms with Crippen molar-refractivity contribution in [3.8, 4) is 5.75 Å². The lowest BCUT2D eigenvalue weighted by Crippen LogP contribution is -2.21. The van der Waals surface area contributed by atoms with Crippen molar-refractivity contribution in [2.45, 2.75) is 26.4 Å². The van der Waals surface area contributed by atoms with Crippen molar-refractivity contribution in [1.82, 2.24) is 0 Å². The molecule has 0 heterocycles. The molecule has 0 spiro atoms. The van der Waals surface area contributed by atoms with Crippen LogP contribution in [0.15, 0.2) is 42.5 Å². The monoisotopic (exact) mass is 380 g/mol. The van der Waals surface area contributed by atoms with Crippen LogP contribution >= 0.6 is 23.2 Å². The van der Waals surface area contributed by atoms with Crippen molar-refractivity contribution in [2.75, 3.05) is 10.6 Å². The highest BCUT2D eigenvalue weighted by Gasteiger charge is 2.12. The summed E-state index contributed by atoms with van der Waals surface area (Å²) in [6.07, 6.45) is -0.268. The minimum absolute atomic E-state index is 0.0717. The number of amides is 2. The Morgan fingerprint density at radius 1 is 1.00 bits per heavy atom. The van der Waals surface area contributed by atoms with Gasteiger partial charge in [0.15, 0.2) is 0 Å². The number of halogens is 2. The van der Waals surface area contributed by atoms with E-state index in [4.69, 9.17) is 27.9 Å². The van der Waals surface area contributed by atoms with E-state index in [1.54, 1.807) is 42.5 Å². The van der Waals surface area contributed by atoms with E-state index in [0.29, 0.717) is 22.1 Å². The first-order valence-electron chi connectivity index (χ1n) is 7.65. The topological polar surface area (TPSA) is 67.4 Å². The summed E-state index contributed by atoms with van der Waals surface area (Å²) in [5.74, 6) is -0.212. The molecule has 0 saturated heterocycles. The van der Waals surface area contributed by atoms with Crippen molar-refractivity contribution in [3.63, 3.8) is 0 Å². The van der Waals surface area contributed by atoms with Crippen molar-refractivity contribution < 1.29 is 14.3 Å². The first kappa shape index (κ1) is 19.1. The number of rotatable bonds is 6. The molecule has 0 aliphatic carbocycles. The van der Waals surface area contributed by atoms with Gasteiger partial charge in [0, 0.05) is 5.69 Å². The number of carbonyl (C=O) groups excluding carboxylic acids is 2. The summed E-state index contributed by atoms with van der Waals surface area (Å²) < 4.78 is 5.53. The third-order valence-electron chi connectivity index (χ3n) is 3.06. The zero-order valence-electron chi connectivity index (χ0n) is 13.8. The lowest BCUT2D eigenvalue weighted by molar-refractivity contribution is -0.123. The van der Waals surface area contributed by atoms with E-state index in [1.807, 2.05) is 13.8 Å². The van der Waals surface area contributed by atoms with Crippen molar-refractivity contribution in [3.05, 3.63) is 52.5 Å². The molecule has 0 radical (unpaired) electrons. The van der Waals surface area contributed by atoms with Gasteiger partial charge in [-0.3, -0.25) is 9.59 Å². The molecule has 7 heteroatoms. The van der Waals surface area contributed by atoms with Crippen LogP contribution < -0.4 is 15.4 Å². The second-order valence-electron chi connectivity index (χ2n) is 5.57. The van der Waals surface area contributed by atoms with Crippen LogP contribution in [0.3, 0.4) is 0 Å². The van der Waals surface area contributed by atoms with Crippen LogP contribution in [0.25, 0.3) is 0 Å². The van der Waals surface area contributed by atoms with E-state index in [1.165, 1.54) is 0 Å². The number of carbonyl (C=O) groups is 2. The molecular weight excluding hydrogens is 363 g/mol. The number of anilines is 2. The molecule has 2 rings (SSSR count). The van der Waals surface area contributed by atoms with Crippen molar-refractivity contribution in [1.29, 1.82) is 0 Å². The molecule has 0 unspecified atom stereocenters. The fourth-order valence-corrected chi connectivity index (χ4v) is 2.38. The van der Waals surface area contributed by atoms with E-state index in [-0.39, 0.29) is 17.5 Å². The maximum Gasteiger partial charge on any atom is 0.233 e. The third kappa shape index (κ3) is 5.96. The SMILES string of the molecule is CC(C)Oc1ccc(NC(=O)CC(=O)Nc2cccc(Cl)c2Cl)cc1. The summed E-state index contributed by atoms with van der Waals surface area (Å²) in [4.78, 5) is 23.9. The highest BCUT2D eigenvalue weighted by Crippen LogP contribution is 2.29. The van der Waals surface area contributed by atoms with Gasteiger partial charge in [-0.25, -0.2) is 0 Å². The number of hydrogen-bond donors (Lipinski definition) is 2. The Kier molecular flexibility index (Phi) is 6.67. The molecule has 2 amide bonds. The van der Waals surface area contributed by atoms with Crippen LogP contribution in [-0.4, -0.2) is 17.9 Å². The van der Waals surface area contributed by atoms with Gasteiger partial charge in [0.25, 0.3) is 0 Å². The van der Waals surface area contributed by atoms with Crippen LogP contribution in [0, 0.1) is 0 Å². The molecule has 2 aromatic rings. The Balaban J connectivity index is 1.89. The maximum absolute atomic E-state index is 12.0. The molecule has 132 valence electrons. The van der Waals surface area contributed by atoms with Gasteiger partial charge in [0.1, 0.15) is 12.2 Å². The van der Waals surface area contributed by atoms with Gasteiger partial charge in [0.05, 0.1) is 21.8 Å². The fourth-order valence-electron chi connectivity index (χ4n) is 2.03. The van der Waals surface area contributed by atoms with E-state index in [9.17, 15) is 9.59 Å². The number of hydrogen-bond acceptors (Lipinski definition) is 3. The number of ether oxygens (including phenoxy) is 1. The zero-order valence-corrected chi connectivity index (χ0v) is 15.3. The van der Waals surface area contributed by atoms with Crippen LogP contribution in [-0.2, 0) is 9.59 Å². The molecule has 2 aromatic carbocycles. The predicted molar refractivity (Wildman–Crippen MR) is 101 cm³/mol. The average Bonchev–Trinajstić information content (AvgIpc) is 2.53. The molecule has 0 bridgehead atoms. The van der Waals surface area contributed by atoms with Gasteiger partial charge < -0.3 is 15.4 Å². The van der Waals surface area contributed by atoms with Gasteiger partial charge in [0.2, 0.25) is 11.8 Å². The third-order valence-corrected chi connectivity index (χ3v) is 3.88. The molecule has 2 N–H and O–H groups in total. The first-order chi connectivity index (χ1) is 11.8. The Bertz CT molecular complexity index is 761. The second-order valence-corrected chi connectivity index (χ2v) is 6.35. The van der Waals surface area contributed by atoms with Gasteiger partial charge in [-0.15, -0.1) is 0 Å². The van der Waals surface area contributed by atoms with E-state index in [2.05, 4.69) is 10.6 Å². The number of benzene rings is 2. The van der Waals surface area contributed by atoms with Crippen molar-refractivity contribution >= 4 is 46.4 Å². The van der Waals surface area contributed by atoms with E-state index < -0.39 is 11.8 Å². The molecule has 0 atom stereocenters. The lowest BCUT2D eigenvalue weighted by Gasteiger charge is -2.11. The molecule has 0 aliphatic rings. The van der Waals surface area contributed by atoms with E-state index in [0.717, 1.165) is 0 Å². The maximum atomic E-state index is 12.0. The van der Waals surface area contributed by atoms with Crippen LogP contribution in [0.2, 0.25) is 10.0 Å². The summed E-state index contributed by atoms with van der Waals surface area (Å²) in [5.41, 5.74) is 0.942. The standard InChI is InChI=1S/C18H18Cl2N2O3/c1-11(2)25-13-8-6-12(7-9-13)21-16(23)10-17(24)22-15-5-3-4-14(19)18(15)20/h3-9,11H,10H2,1-2H3,(H,21,23)(H,22,24).